The highest BCUT2D eigenvalue weighted by atomic mass is 35.5. The van der Waals surface area contributed by atoms with Gasteiger partial charge in [-0.15, -0.1) is 0 Å². The highest BCUT2D eigenvalue weighted by Gasteiger charge is 2.35. The first kappa shape index (κ1) is 22.6. The van der Waals surface area contributed by atoms with Crippen LogP contribution < -0.4 is 15.5 Å². The zero-order valence-corrected chi connectivity index (χ0v) is 20.0. The van der Waals surface area contributed by atoms with Crippen LogP contribution in [0.15, 0.2) is 30.3 Å². The van der Waals surface area contributed by atoms with Crippen molar-refractivity contribution in [3.8, 4) is 0 Å². The van der Waals surface area contributed by atoms with Gasteiger partial charge in [0.2, 0.25) is 5.95 Å². The number of thiocarbonyl (C=S) groups is 1. The summed E-state index contributed by atoms with van der Waals surface area (Å²) in [6, 6.07) is 10.1. The van der Waals surface area contributed by atoms with Crippen LogP contribution in [-0.2, 0) is 5.41 Å². The van der Waals surface area contributed by atoms with E-state index in [0.29, 0.717) is 16.2 Å². The summed E-state index contributed by atoms with van der Waals surface area (Å²) in [5.41, 5.74) is 1.38. The molecule has 0 radical (unpaired) electrons. The van der Waals surface area contributed by atoms with Gasteiger partial charge in [-0.3, -0.25) is 0 Å². The third-order valence-corrected chi connectivity index (χ3v) is 7.13. The number of hydrogen-bond donors (Lipinski definition) is 2. The number of anilines is 2. The molecule has 5 nitrogen and oxygen atoms in total. The lowest BCUT2D eigenvalue weighted by atomic mass is 9.79. The molecule has 166 valence electrons. The van der Waals surface area contributed by atoms with Gasteiger partial charge in [-0.05, 0) is 55.6 Å². The summed E-state index contributed by atoms with van der Waals surface area (Å²) in [6.45, 7) is 2.76. The van der Waals surface area contributed by atoms with Crippen LogP contribution in [0.5, 0.6) is 0 Å². The molecule has 4 rings (SSSR count). The molecule has 0 unspecified atom stereocenters. The number of nitrogens with zero attached hydrogens (tertiary/aromatic N) is 3. The molecule has 0 spiro atoms. The molecule has 8 heteroatoms. The molecule has 1 aromatic carbocycles. The Kier molecular flexibility index (Phi) is 7.51. The van der Waals surface area contributed by atoms with E-state index >= 15 is 0 Å². The number of hydrogen-bond acceptors (Lipinski definition) is 4. The van der Waals surface area contributed by atoms with Gasteiger partial charge >= 0.3 is 0 Å². The van der Waals surface area contributed by atoms with Gasteiger partial charge in [-0.1, -0.05) is 61.0 Å². The Balaban J connectivity index is 1.41. The lowest BCUT2D eigenvalue weighted by Gasteiger charge is -2.30. The number of rotatable bonds is 5. The van der Waals surface area contributed by atoms with Gasteiger partial charge in [0, 0.05) is 36.1 Å². The normalized spacial score (nSPS) is 18.5. The lowest BCUT2D eigenvalue weighted by molar-refractivity contribution is 0.435. The molecule has 31 heavy (non-hydrogen) atoms. The Hall–Kier alpha value is -1.63. The highest BCUT2D eigenvalue weighted by Crippen LogP contribution is 2.41. The van der Waals surface area contributed by atoms with Crippen molar-refractivity contribution >= 4 is 52.3 Å². The maximum atomic E-state index is 6.30. The van der Waals surface area contributed by atoms with Crippen LogP contribution in [0.3, 0.4) is 0 Å². The first-order chi connectivity index (χ1) is 15.0. The Morgan fingerprint density at radius 1 is 0.968 bits per heavy atom. The minimum absolute atomic E-state index is 0.0722. The minimum atomic E-state index is 0.0722. The zero-order chi connectivity index (χ0) is 21.7. The molecular weight excluding hydrogens is 449 g/mol. The van der Waals surface area contributed by atoms with Crippen LogP contribution in [0, 0.1) is 0 Å². The number of nitrogens with one attached hydrogen (secondary N) is 2. The smallest absolute Gasteiger partial charge is 0.232 e. The Labute approximate surface area is 199 Å². The van der Waals surface area contributed by atoms with Crippen molar-refractivity contribution in [2.45, 2.75) is 56.8 Å². The van der Waals surface area contributed by atoms with Crippen LogP contribution in [0.2, 0.25) is 10.2 Å². The SMILES string of the molecule is S=C(NCC1(c2ccc(Cl)cc2)CCCC1)Nc1nc(Cl)cc(N2CCCCCC2)n1. The summed E-state index contributed by atoms with van der Waals surface area (Å²) < 4.78 is 0. The summed E-state index contributed by atoms with van der Waals surface area (Å²) in [5.74, 6) is 1.30. The summed E-state index contributed by atoms with van der Waals surface area (Å²) in [6.07, 6.45) is 9.61. The maximum Gasteiger partial charge on any atom is 0.232 e. The molecule has 0 bridgehead atoms. The van der Waals surface area contributed by atoms with Crippen molar-refractivity contribution in [3.05, 3.63) is 46.1 Å². The number of aromatic nitrogens is 2. The molecule has 2 aromatic rings. The number of benzene rings is 1. The van der Waals surface area contributed by atoms with Gasteiger partial charge in [0.15, 0.2) is 5.11 Å². The van der Waals surface area contributed by atoms with Gasteiger partial charge in [0.25, 0.3) is 0 Å². The third-order valence-electron chi connectivity index (χ3n) is 6.44. The van der Waals surface area contributed by atoms with Crippen LogP contribution in [0.25, 0.3) is 0 Å². The maximum absolute atomic E-state index is 6.30. The molecule has 1 aromatic heterocycles. The monoisotopic (exact) mass is 477 g/mol. The fourth-order valence-corrected chi connectivity index (χ4v) is 5.21. The average Bonchev–Trinajstić information content (AvgIpc) is 3.07. The fourth-order valence-electron chi connectivity index (χ4n) is 4.74. The van der Waals surface area contributed by atoms with E-state index in [4.69, 9.17) is 35.4 Å². The summed E-state index contributed by atoms with van der Waals surface area (Å²) in [4.78, 5) is 11.3. The molecular formula is C23H29Cl2N5S. The quantitative estimate of drug-likeness (QED) is 0.409. The van der Waals surface area contributed by atoms with Crippen LogP contribution >= 0.6 is 35.4 Å². The van der Waals surface area contributed by atoms with Crippen molar-refractivity contribution in [1.82, 2.24) is 15.3 Å². The van der Waals surface area contributed by atoms with Crippen LogP contribution in [0.1, 0.15) is 56.9 Å². The second-order valence-corrected chi connectivity index (χ2v) is 9.81. The molecule has 1 aliphatic heterocycles. The van der Waals surface area contributed by atoms with E-state index in [-0.39, 0.29) is 5.41 Å². The van der Waals surface area contributed by atoms with Gasteiger partial charge in [-0.2, -0.15) is 4.98 Å². The highest BCUT2D eigenvalue weighted by molar-refractivity contribution is 7.80. The van der Waals surface area contributed by atoms with Gasteiger partial charge in [-0.25, -0.2) is 4.98 Å². The summed E-state index contributed by atoms with van der Waals surface area (Å²) in [7, 11) is 0. The predicted octanol–water partition coefficient (Wildman–Crippen LogP) is 5.96. The minimum Gasteiger partial charge on any atom is -0.361 e. The second kappa shape index (κ2) is 10.3. The van der Waals surface area contributed by atoms with E-state index in [1.54, 1.807) is 0 Å². The van der Waals surface area contributed by atoms with Crippen LogP contribution in [-0.4, -0.2) is 34.7 Å². The van der Waals surface area contributed by atoms with Crippen molar-refractivity contribution in [2.24, 2.45) is 0 Å². The molecule has 1 saturated heterocycles. The first-order valence-electron chi connectivity index (χ1n) is 11.1. The molecule has 0 amide bonds. The first-order valence-corrected chi connectivity index (χ1v) is 12.3. The standard InChI is InChI=1S/C23H29Cl2N5S/c24-18-9-7-17(8-10-18)23(11-3-4-12-23)16-26-22(31)29-21-27-19(25)15-20(28-21)30-13-5-1-2-6-14-30/h7-10,15H,1-6,11-14,16H2,(H2,26,27,28,29,31). The molecule has 2 N–H and O–H groups in total. The molecule has 0 atom stereocenters. The van der Waals surface area contributed by atoms with E-state index in [1.165, 1.54) is 44.1 Å². The van der Waals surface area contributed by atoms with Crippen LogP contribution in [0.4, 0.5) is 11.8 Å². The summed E-state index contributed by atoms with van der Waals surface area (Å²) in [5, 5.41) is 8.26. The van der Waals surface area contributed by atoms with E-state index in [9.17, 15) is 0 Å². The molecule has 2 aliphatic rings. The molecule has 2 heterocycles. The van der Waals surface area contributed by atoms with Gasteiger partial charge in [0.05, 0.1) is 0 Å². The second-order valence-electron chi connectivity index (χ2n) is 8.58. The fraction of sp³-hybridized carbons (Fsp3) is 0.522. The van der Waals surface area contributed by atoms with Crippen molar-refractivity contribution in [1.29, 1.82) is 0 Å². The molecule has 1 aliphatic carbocycles. The lowest BCUT2D eigenvalue weighted by Crippen LogP contribution is -2.41. The van der Waals surface area contributed by atoms with Gasteiger partial charge < -0.3 is 15.5 Å². The predicted molar refractivity (Wildman–Crippen MR) is 134 cm³/mol. The number of halogens is 2. The third kappa shape index (κ3) is 5.79. The Morgan fingerprint density at radius 3 is 2.32 bits per heavy atom. The Bertz CT molecular complexity index is 891. The largest absolute Gasteiger partial charge is 0.361 e. The van der Waals surface area contributed by atoms with Crippen molar-refractivity contribution < 1.29 is 0 Å². The topological polar surface area (TPSA) is 53.1 Å². The van der Waals surface area contributed by atoms with E-state index in [0.717, 1.165) is 43.3 Å². The van der Waals surface area contributed by atoms with Gasteiger partial charge in [0.1, 0.15) is 11.0 Å². The van der Waals surface area contributed by atoms with E-state index in [1.807, 2.05) is 18.2 Å². The van der Waals surface area contributed by atoms with Crippen molar-refractivity contribution in [3.63, 3.8) is 0 Å². The Morgan fingerprint density at radius 2 is 1.65 bits per heavy atom. The van der Waals surface area contributed by atoms with E-state index in [2.05, 4.69) is 37.6 Å². The zero-order valence-electron chi connectivity index (χ0n) is 17.7. The summed E-state index contributed by atoms with van der Waals surface area (Å²) >= 11 is 18.0. The average molecular weight is 478 g/mol. The van der Waals surface area contributed by atoms with E-state index < -0.39 is 0 Å². The molecule has 2 fully saturated rings. The van der Waals surface area contributed by atoms with Crippen molar-refractivity contribution in [2.75, 3.05) is 29.9 Å². The molecule has 1 saturated carbocycles.